The second-order valence-electron chi connectivity index (χ2n) is 6.35. The van der Waals surface area contributed by atoms with Gasteiger partial charge in [0, 0.05) is 25.1 Å². The van der Waals surface area contributed by atoms with E-state index in [2.05, 4.69) is 5.32 Å². The molecular weight excluding hydrogens is 312 g/mol. The Morgan fingerprint density at radius 1 is 1.25 bits per heavy atom. The van der Waals surface area contributed by atoms with Crippen molar-refractivity contribution in [3.63, 3.8) is 0 Å². The minimum absolute atomic E-state index is 0.0000519. The maximum Gasteiger partial charge on any atom is 0.311 e. The predicted octanol–water partition coefficient (Wildman–Crippen LogP) is 2.68. The molecule has 2 rings (SSSR count). The fourth-order valence-corrected chi connectivity index (χ4v) is 3.13. The molecule has 2 N–H and O–H groups in total. The number of hydrogen-bond acceptors (Lipinski definition) is 4. The summed E-state index contributed by atoms with van der Waals surface area (Å²) in [4.78, 5) is 33.8. The molecule has 130 valence electrons. The van der Waals surface area contributed by atoms with Gasteiger partial charge in [-0.15, -0.1) is 0 Å². The van der Waals surface area contributed by atoms with Gasteiger partial charge in [-0.2, -0.15) is 0 Å². The highest BCUT2D eigenvalue weighted by molar-refractivity contribution is 5.79. The molecule has 1 saturated carbocycles. The largest absolute Gasteiger partial charge is 0.481 e. The number of nitrogens with zero attached hydrogens (tertiary/aromatic N) is 1. The van der Waals surface area contributed by atoms with E-state index in [1.807, 2.05) is 0 Å². The molecule has 24 heavy (non-hydrogen) atoms. The zero-order valence-electron chi connectivity index (χ0n) is 13.5. The molecule has 7 nitrogen and oxygen atoms in total. The molecule has 1 aliphatic rings. The molecule has 0 bridgehead atoms. The van der Waals surface area contributed by atoms with Crippen molar-refractivity contribution in [2.45, 2.75) is 44.9 Å². The first-order chi connectivity index (χ1) is 11.4. The molecule has 0 heterocycles. The highest BCUT2D eigenvalue weighted by atomic mass is 16.6. The lowest BCUT2D eigenvalue weighted by Crippen LogP contribution is -2.44. The van der Waals surface area contributed by atoms with Crippen LogP contribution >= 0.6 is 0 Å². The molecule has 1 aliphatic carbocycles. The lowest BCUT2D eigenvalue weighted by atomic mass is 9.74. The smallest absolute Gasteiger partial charge is 0.311 e. The minimum Gasteiger partial charge on any atom is -0.481 e. The second-order valence-corrected chi connectivity index (χ2v) is 6.35. The summed E-state index contributed by atoms with van der Waals surface area (Å²) in [6, 6.07) is 6.18. The number of carboxylic acids is 1. The summed E-state index contributed by atoms with van der Waals surface area (Å²) in [7, 11) is 0. The molecule has 0 radical (unpaired) electrons. The molecule has 0 aliphatic heterocycles. The van der Waals surface area contributed by atoms with Gasteiger partial charge in [0.2, 0.25) is 5.91 Å². The van der Waals surface area contributed by atoms with E-state index in [9.17, 15) is 24.8 Å². The molecule has 1 fully saturated rings. The lowest BCUT2D eigenvalue weighted by molar-refractivity contribution is -0.384. The van der Waals surface area contributed by atoms with Crippen LogP contribution in [0.2, 0.25) is 0 Å². The van der Waals surface area contributed by atoms with Crippen LogP contribution in [-0.2, 0) is 16.0 Å². The number of non-ortho nitro benzene ring substituents is 1. The van der Waals surface area contributed by atoms with Crippen LogP contribution in [0.25, 0.3) is 0 Å². The molecule has 0 atom stereocenters. The molecule has 0 saturated heterocycles. The third-order valence-corrected chi connectivity index (χ3v) is 4.65. The van der Waals surface area contributed by atoms with Crippen LogP contribution in [0.1, 0.15) is 44.1 Å². The van der Waals surface area contributed by atoms with Crippen LogP contribution in [0, 0.1) is 15.5 Å². The number of aliphatic carboxylic acids is 1. The Labute approximate surface area is 140 Å². The second kappa shape index (κ2) is 7.90. The van der Waals surface area contributed by atoms with E-state index in [1.165, 1.54) is 12.1 Å². The Kier molecular flexibility index (Phi) is 5.89. The molecule has 1 amide bonds. The van der Waals surface area contributed by atoms with Crippen molar-refractivity contribution in [3.8, 4) is 0 Å². The van der Waals surface area contributed by atoms with Gasteiger partial charge >= 0.3 is 5.97 Å². The fourth-order valence-electron chi connectivity index (χ4n) is 3.13. The monoisotopic (exact) mass is 334 g/mol. The minimum atomic E-state index is -0.848. The maximum absolute atomic E-state index is 12.0. The molecule has 0 aromatic heterocycles. The zero-order chi connectivity index (χ0) is 17.6. The Morgan fingerprint density at radius 3 is 2.58 bits per heavy atom. The van der Waals surface area contributed by atoms with Gasteiger partial charge in [-0.25, -0.2) is 0 Å². The molecule has 1 aromatic rings. The van der Waals surface area contributed by atoms with E-state index in [0.717, 1.165) is 19.3 Å². The van der Waals surface area contributed by atoms with Crippen LogP contribution in [0.5, 0.6) is 0 Å². The molecule has 1 aromatic carbocycles. The van der Waals surface area contributed by atoms with E-state index in [-0.39, 0.29) is 24.6 Å². The van der Waals surface area contributed by atoms with E-state index >= 15 is 0 Å². The maximum atomic E-state index is 12.0. The van der Waals surface area contributed by atoms with Crippen LogP contribution in [0.3, 0.4) is 0 Å². The number of aryl methyl sites for hydroxylation is 1. The Hall–Kier alpha value is -2.44. The van der Waals surface area contributed by atoms with Crippen molar-refractivity contribution in [1.29, 1.82) is 0 Å². The average Bonchev–Trinajstić information content (AvgIpc) is 2.59. The summed E-state index contributed by atoms with van der Waals surface area (Å²) < 4.78 is 0. The summed E-state index contributed by atoms with van der Waals surface area (Å²) in [5.74, 6) is -1.08. The van der Waals surface area contributed by atoms with Crippen LogP contribution in [-0.4, -0.2) is 28.5 Å². The van der Waals surface area contributed by atoms with E-state index in [4.69, 9.17) is 0 Å². The van der Waals surface area contributed by atoms with E-state index in [0.29, 0.717) is 24.8 Å². The quantitative estimate of drug-likeness (QED) is 0.588. The number of nitro groups is 1. The summed E-state index contributed by atoms with van der Waals surface area (Å²) in [5, 5.41) is 22.9. The lowest BCUT2D eigenvalue weighted by Gasteiger charge is -2.33. The van der Waals surface area contributed by atoms with Crippen LogP contribution in [0.15, 0.2) is 24.3 Å². The summed E-state index contributed by atoms with van der Waals surface area (Å²) >= 11 is 0. The number of rotatable bonds is 7. The summed E-state index contributed by atoms with van der Waals surface area (Å²) in [5.41, 5.74) is -0.135. The van der Waals surface area contributed by atoms with Gasteiger partial charge in [-0.05, 0) is 24.8 Å². The van der Waals surface area contributed by atoms with Crippen molar-refractivity contribution in [1.82, 2.24) is 5.32 Å². The predicted molar refractivity (Wildman–Crippen MR) is 87.6 cm³/mol. The topological polar surface area (TPSA) is 110 Å². The third kappa shape index (κ3) is 4.53. The molecular formula is C17H22N2O5. The Morgan fingerprint density at radius 2 is 1.96 bits per heavy atom. The van der Waals surface area contributed by atoms with Gasteiger partial charge in [0.25, 0.3) is 5.69 Å². The van der Waals surface area contributed by atoms with Crippen molar-refractivity contribution < 1.29 is 19.6 Å². The molecule has 7 heteroatoms. The number of nitrogens with one attached hydrogen (secondary N) is 1. The van der Waals surface area contributed by atoms with Crippen molar-refractivity contribution in [2.24, 2.45) is 5.41 Å². The van der Waals surface area contributed by atoms with Crippen LogP contribution in [0.4, 0.5) is 5.69 Å². The molecule has 0 unspecified atom stereocenters. The normalized spacial score (nSPS) is 16.3. The highest BCUT2D eigenvalue weighted by Gasteiger charge is 2.39. The van der Waals surface area contributed by atoms with E-state index < -0.39 is 16.3 Å². The van der Waals surface area contributed by atoms with Gasteiger partial charge in [0.1, 0.15) is 0 Å². The number of carboxylic acid groups (broad SMARTS) is 1. The van der Waals surface area contributed by atoms with Gasteiger partial charge in [-0.1, -0.05) is 31.4 Å². The number of carbonyl (C=O) groups is 2. The first-order valence-electron chi connectivity index (χ1n) is 8.16. The van der Waals surface area contributed by atoms with E-state index in [1.54, 1.807) is 12.1 Å². The number of carbonyl (C=O) groups excluding carboxylic acids is 1. The number of benzene rings is 1. The van der Waals surface area contributed by atoms with Gasteiger partial charge in [0.05, 0.1) is 10.3 Å². The zero-order valence-corrected chi connectivity index (χ0v) is 13.5. The van der Waals surface area contributed by atoms with Crippen molar-refractivity contribution >= 4 is 17.6 Å². The SMILES string of the molecule is O=C(CCc1cccc([N+](=O)[O-])c1)NCC1(C(=O)O)CCCCC1. The first kappa shape index (κ1) is 17.9. The van der Waals surface area contributed by atoms with Crippen molar-refractivity contribution in [3.05, 3.63) is 39.9 Å². The number of hydrogen-bond donors (Lipinski definition) is 2. The fraction of sp³-hybridized carbons (Fsp3) is 0.529. The Bertz CT molecular complexity index is 623. The van der Waals surface area contributed by atoms with Crippen LogP contribution < -0.4 is 5.32 Å². The average molecular weight is 334 g/mol. The van der Waals surface area contributed by atoms with Crippen molar-refractivity contribution in [2.75, 3.05) is 6.54 Å². The van der Waals surface area contributed by atoms with Gasteiger partial charge in [-0.3, -0.25) is 19.7 Å². The summed E-state index contributed by atoms with van der Waals surface area (Å²) in [6.45, 7) is 0.149. The first-order valence-corrected chi connectivity index (χ1v) is 8.16. The summed E-state index contributed by atoms with van der Waals surface area (Å²) in [6.07, 6.45) is 4.52. The highest BCUT2D eigenvalue weighted by Crippen LogP contribution is 2.36. The van der Waals surface area contributed by atoms with Gasteiger partial charge < -0.3 is 10.4 Å². The van der Waals surface area contributed by atoms with Gasteiger partial charge in [0.15, 0.2) is 0 Å². The number of amides is 1. The standard InChI is InChI=1S/C17H22N2O5/c20-15(8-7-13-5-4-6-14(11-13)19(23)24)18-12-17(16(21)22)9-2-1-3-10-17/h4-6,11H,1-3,7-10,12H2,(H,18,20)(H,21,22). The Balaban J connectivity index is 1.86. The molecule has 0 spiro atoms. The third-order valence-electron chi connectivity index (χ3n) is 4.65. The number of nitro benzene ring substituents is 1.